The summed E-state index contributed by atoms with van der Waals surface area (Å²) in [6.45, 7) is 0. The Balaban J connectivity index is 1.75. The lowest BCUT2D eigenvalue weighted by Crippen LogP contribution is -2.31. The normalized spacial score (nSPS) is 26.8. The van der Waals surface area contributed by atoms with Crippen LogP contribution in [0.25, 0.3) is 0 Å². The van der Waals surface area contributed by atoms with Gasteiger partial charge in [0.15, 0.2) is 0 Å². The maximum absolute atomic E-state index is 2.58. The van der Waals surface area contributed by atoms with Crippen molar-refractivity contribution < 1.29 is 0 Å². The molecule has 3 aliphatic carbocycles. The second-order valence-corrected chi connectivity index (χ2v) is 10.3. The number of hydrogen-bond acceptors (Lipinski definition) is 0. The molecular formula is C17H28Si. The first-order valence-corrected chi connectivity index (χ1v) is 10.2. The average molecular weight is 260 g/mol. The third-order valence-electron chi connectivity index (χ3n) is 5.50. The highest BCUT2D eigenvalue weighted by Gasteiger charge is 2.34. The zero-order valence-corrected chi connectivity index (χ0v) is 12.9. The van der Waals surface area contributed by atoms with Crippen molar-refractivity contribution in [3.05, 3.63) is 23.4 Å². The first kappa shape index (κ1) is 12.7. The first-order chi connectivity index (χ1) is 8.95. The summed E-state index contributed by atoms with van der Waals surface area (Å²) < 4.78 is 0. The van der Waals surface area contributed by atoms with E-state index in [9.17, 15) is 0 Å². The Labute approximate surface area is 114 Å². The quantitative estimate of drug-likeness (QED) is 0.603. The van der Waals surface area contributed by atoms with Crippen molar-refractivity contribution in [2.24, 2.45) is 0 Å². The minimum Gasteiger partial charge on any atom is -0.0818 e. The standard InChI is InChI=1S/C17H28Si/c1-3-9-15(10-4-1)18(17-13-7-8-14-17)16-11-5-2-6-12-16/h7,13-16,18H,1-6,8-12H2. The molecule has 0 amide bonds. The molecule has 0 spiro atoms. The third-order valence-corrected chi connectivity index (χ3v) is 10.1. The van der Waals surface area contributed by atoms with Gasteiger partial charge in [0.1, 0.15) is 0 Å². The summed E-state index contributed by atoms with van der Waals surface area (Å²) in [5, 5.41) is 1.86. The van der Waals surface area contributed by atoms with E-state index in [1.807, 2.05) is 5.20 Å². The van der Waals surface area contributed by atoms with E-state index < -0.39 is 8.80 Å². The summed E-state index contributed by atoms with van der Waals surface area (Å²) >= 11 is 0. The molecule has 0 bridgehead atoms. The zero-order chi connectivity index (χ0) is 12.2. The molecule has 3 rings (SSSR count). The lowest BCUT2D eigenvalue weighted by Gasteiger charge is -2.37. The van der Waals surface area contributed by atoms with Crippen LogP contribution < -0.4 is 0 Å². The monoisotopic (exact) mass is 260 g/mol. The second-order valence-electron chi connectivity index (χ2n) is 6.66. The van der Waals surface area contributed by atoms with Crippen molar-refractivity contribution in [2.75, 3.05) is 0 Å². The van der Waals surface area contributed by atoms with E-state index in [2.05, 4.69) is 18.2 Å². The van der Waals surface area contributed by atoms with Gasteiger partial charge in [-0.2, -0.15) is 0 Å². The van der Waals surface area contributed by atoms with Crippen LogP contribution in [0.1, 0.15) is 70.6 Å². The highest BCUT2D eigenvalue weighted by Crippen LogP contribution is 2.44. The lowest BCUT2D eigenvalue weighted by molar-refractivity contribution is 0.464. The molecule has 2 saturated carbocycles. The molecule has 100 valence electrons. The third kappa shape index (κ3) is 2.82. The maximum atomic E-state index is 2.58. The van der Waals surface area contributed by atoms with Crippen LogP contribution in [0.3, 0.4) is 0 Å². The first-order valence-electron chi connectivity index (χ1n) is 8.32. The lowest BCUT2D eigenvalue weighted by atomic mass is 9.99. The van der Waals surface area contributed by atoms with Crippen LogP contribution >= 0.6 is 0 Å². The Morgan fingerprint density at radius 1 is 0.778 bits per heavy atom. The van der Waals surface area contributed by atoms with Crippen LogP contribution in [0, 0.1) is 0 Å². The fraction of sp³-hybridized carbons (Fsp3) is 0.765. The fourth-order valence-electron chi connectivity index (χ4n) is 4.64. The van der Waals surface area contributed by atoms with E-state index in [1.54, 1.807) is 25.7 Å². The molecule has 0 radical (unpaired) electrons. The van der Waals surface area contributed by atoms with E-state index in [0.29, 0.717) is 0 Å². The molecule has 0 aliphatic heterocycles. The van der Waals surface area contributed by atoms with Crippen LogP contribution in [-0.2, 0) is 0 Å². The molecule has 0 saturated heterocycles. The van der Waals surface area contributed by atoms with E-state index in [0.717, 1.165) is 11.1 Å². The number of allylic oxidation sites excluding steroid dienone is 4. The molecule has 0 aromatic carbocycles. The molecule has 2 fully saturated rings. The largest absolute Gasteiger partial charge is 0.0818 e. The van der Waals surface area contributed by atoms with Crippen LogP contribution in [-0.4, -0.2) is 8.80 Å². The highest BCUT2D eigenvalue weighted by molar-refractivity contribution is 6.70. The molecule has 0 aromatic rings. The molecule has 18 heavy (non-hydrogen) atoms. The molecule has 0 aromatic heterocycles. The predicted octanol–water partition coefficient (Wildman–Crippen LogP) is 5.31. The second kappa shape index (κ2) is 6.23. The van der Waals surface area contributed by atoms with Crippen LogP contribution in [0.5, 0.6) is 0 Å². The van der Waals surface area contributed by atoms with Gasteiger partial charge in [-0.3, -0.25) is 0 Å². The van der Waals surface area contributed by atoms with Gasteiger partial charge in [-0.25, -0.2) is 0 Å². The zero-order valence-electron chi connectivity index (χ0n) is 11.7. The van der Waals surface area contributed by atoms with E-state index >= 15 is 0 Å². The Bertz CT molecular complexity index is 299. The average Bonchev–Trinajstić information content (AvgIpc) is 2.95. The van der Waals surface area contributed by atoms with E-state index in [4.69, 9.17) is 0 Å². The van der Waals surface area contributed by atoms with Gasteiger partial charge in [0.25, 0.3) is 0 Å². The van der Waals surface area contributed by atoms with Crippen LogP contribution in [0.15, 0.2) is 23.4 Å². The van der Waals surface area contributed by atoms with Crippen LogP contribution in [0.4, 0.5) is 0 Å². The topological polar surface area (TPSA) is 0 Å². The molecule has 1 heteroatoms. The molecule has 0 N–H and O–H groups in total. The fourth-order valence-corrected chi connectivity index (χ4v) is 9.64. The smallest absolute Gasteiger partial charge is 0.0765 e. The van der Waals surface area contributed by atoms with Crippen LogP contribution in [0.2, 0.25) is 11.1 Å². The maximum Gasteiger partial charge on any atom is 0.0765 e. The molecule has 0 atom stereocenters. The SMILES string of the molecule is C1=CC([SiH](C2CCCCC2)C2CCCCC2)=CC1. The van der Waals surface area contributed by atoms with Gasteiger partial charge in [0.05, 0.1) is 8.80 Å². The summed E-state index contributed by atoms with van der Waals surface area (Å²) in [7, 11) is -0.675. The van der Waals surface area contributed by atoms with Crippen molar-refractivity contribution in [1.82, 2.24) is 0 Å². The Morgan fingerprint density at radius 3 is 1.78 bits per heavy atom. The molecule has 0 unspecified atom stereocenters. The summed E-state index contributed by atoms with van der Waals surface area (Å²) in [5.41, 5.74) is 2.30. The highest BCUT2D eigenvalue weighted by atomic mass is 28.3. The van der Waals surface area contributed by atoms with Crippen molar-refractivity contribution in [3.63, 3.8) is 0 Å². The molecule has 0 nitrogen and oxygen atoms in total. The summed E-state index contributed by atoms with van der Waals surface area (Å²) in [4.78, 5) is 0. The summed E-state index contributed by atoms with van der Waals surface area (Å²) in [6.07, 6.45) is 24.1. The van der Waals surface area contributed by atoms with Crippen molar-refractivity contribution >= 4 is 8.80 Å². The Morgan fingerprint density at radius 2 is 1.33 bits per heavy atom. The van der Waals surface area contributed by atoms with Crippen molar-refractivity contribution in [1.29, 1.82) is 0 Å². The van der Waals surface area contributed by atoms with E-state index in [-0.39, 0.29) is 0 Å². The van der Waals surface area contributed by atoms with Gasteiger partial charge in [0.2, 0.25) is 0 Å². The Kier molecular flexibility index (Phi) is 4.40. The molecule has 3 aliphatic rings. The number of hydrogen-bond donors (Lipinski definition) is 0. The predicted molar refractivity (Wildman–Crippen MR) is 82.7 cm³/mol. The summed E-state index contributed by atoms with van der Waals surface area (Å²) in [6, 6.07) is 0. The molecular weight excluding hydrogens is 232 g/mol. The summed E-state index contributed by atoms with van der Waals surface area (Å²) in [5.74, 6) is 0. The van der Waals surface area contributed by atoms with Gasteiger partial charge >= 0.3 is 0 Å². The van der Waals surface area contributed by atoms with Gasteiger partial charge in [-0.15, -0.1) is 0 Å². The molecule has 0 heterocycles. The minimum atomic E-state index is -0.675. The minimum absolute atomic E-state index is 0.675. The van der Waals surface area contributed by atoms with Crippen molar-refractivity contribution in [3.8, 4) is 0 Å². The van der Waals surface area contributed by atoms with Gasteiger partial charge in [-0.05, 0) is 17.5 Å². The van der Waals surface area contributed by atoms with E-state index in [1.165, 1.54) is 44.9 Å². The Hall–Kier alpha value is -0.303. The van der Waals surface area contributed by atoms with Gasteiger partial charge < -0.3 is 0 Å². The number of rotatable bonds is 3. The van der Waals surface area contributed by atoms with Gasteiger partial charge in [-0.1, -0.05) is 87.6 Å². The van der Waals surface area contributed by atoms with Crippen molar-refractivity contribution in [2.45, 2.75) is 81.7 Å². The van der Waals surface area contributed by atoms with Gasteiger partial charge in [0, 0.05) is 0 Å².